The molecule has 0 aliphatic carbocycles. The van der Waals surface area contributed by atoms with E-state index in [-0.39, 0.29) is 46.9 Å². The Bertz CT molecular complexity index is 3.90. The van der Waals surface area contributed by atoms with Gasteiger partial charge < -0.3 is 27.4 Å². The Morgan fingerprint density at radius 3 is 0.333 bits per heavy atom. The molecule has 0 atom stereocenters. The summed E-state index contributed by atoms with van der Waals surface area (Å²) in [5.41, 5.74) is 0. The molecule has 10 N–H and O–H groups in total. The molecular weight excluding hydrogens is 145 g/mol. The normalized spacial score (nSPS) is 0. The summed E-state index contributed by atoms with van der Waals surface area (Å²) >= 11 is 0. The van der Waals surface area contributed by atoms with Crippen LogP contribution in [0.5, 0.6) is 0 Å². The maximum absolute atomic E-state index is 0. The molecule has 42 valence electrons. The van der Waals surface area contributed by atoms with E-state index in [1.54, 1.807) is 0 Å². The second kappa shape index (κ2) is 592. The van der Waals surface area contributed by atoms with Crippen LogP contribution >= 0.6 is 0 Å². The molecule has 0 aromatic carbocycles. The quantitative estimate of drug-likeness (QED) is 0.311. The largest absolute Gasteiger partial charge is 0.412 e. The first-order valence-electron chi connectivity index (χ1n) is 0. The summed E-state index contributed by atoms with van der Waals surface area (Å²) in [5, 5.41) is 0. The first kappa shape index (κ1) is 1050. The molecule has 0 bridgehead atoms. The second-order valence-corrected chi connectivity index (χ2v) is 0. The van der Waals surface area contributed by atoms with Crippen LogP contribution in [0.4, 0.5) is 0 Å². The Labute approximate surface area is 47.7 Å². The molecule has 0 heterocycles. The van der Waals surface area contributed by atoms with Crippen molar-refractivity contribution in [3.8, 4) is 0 Å². The zero-order valence-electron chi connectivity index (χ0n) is 3.21. The average Bonchev–Trinajstić information content (AvgIpc) is 0. The van der Waals surface area contributed by atoms with E-state index >= 15 is 0 Å². The Morgan fingerprint density at radius 2 is 0.333 bits per heavy atom. The summed E-state index contributed by atoms with van der Waals surface area (Å²) in [6.07, 6.45) is 0. The van der Waals surface area contributed by atoms with E-state index in [0.29, 0.717) is 0 Å². The maximum Gasteiger partial charge on any atom is 0 e. The van der Waals surface area contributed by atoms with Crippen LogP contribution in [0.2, 0.25) is 0 Å². The summed E-state index contributed by atoms with van der Waals surface area (Å²) in [5.74, 6) is 0. The molecule has 0 fully saturated rings. The molecule has 0 aromatic heterocycles. The zero-order chi connectivity index (χ0) is 0. The van der Waals surface area contributed by atoms with Crippen LogP contribution in [-0.4, -0.2) is 27.4 Å². The predicted octanol–water partition coefficient (Wildman–Crippen LogP) is -4.13. The average molecular weight is 155 g/mol. The van der Waals surface area contributed by atoms with Crippen molar-refractivity contribution >= 4 is 0 Å². The summed E-state index contributed by atoms with van der Waals surface area (Å²) in [6, 6.07) is 0. The predicted molar refractivity (Wildman–Crippen MR) is 18.1 cm³/mol. The van der Waals surface area contributed by atoms with Crippen LogP contribution in [0.3, 0.4) is 0 Å². The zero-order valence-corrected chi connectivity index (χ0v) is 6.17. The van der Waals surface area contributed by atoms with E-state index in [2.05, 4.69) is 0 Å². The van der Waals surface area contributed by atoms with Crippen molar-refractivity contribution in [1.82, 2.24) is 0 Å². The minimum Gasteiger partial charge on any atom is -0.412 e. The van der Waals surface area contributed by atoms with Crippen molar-refractivity contribution in [2.24, 2.45) is 0 Å². The van der Waals surface area contributed by atoms with Gasteiger partial charge >= 0.3 is 0 Å². The Morgan fingerprint density at radius 1 is 0.333 bits per heavy atom. The summed E-state index contributed by atoms with van der Waals surface area (Å²) in [4.78, 5) is 0. The van der Waals surface area contributed by atoms with Gasteiger partial charge in [-0.15, -0.1) is 0 Å². The molecule has 6 heavy (non-hydrogen) atoms. The third-order valence-corrected chi connectivity index (χ3v) is 0. The van der Waals surface area contributed by atoms with Crippen molar-refractivity contribution in [2.75, 3.05) is 0 Å². The van der Waals surface area contributed by atoms with Gasteiger partial charge in [-0.2, -0.15) is 0 Å². The van der Waals surface area contributed by atoms with Gasteiger partial charge in [0.05, 0.1) is 0 Å². The third kappa shape index (κ3) is 289. The molecule has 0 aliphatic rings. The van der Waals surface area contributed by atoms with Crippen molar-refractivity contribution in [2.45, 2.75) is 0 Å². The minimum absolute atomic E-state index is 0. The van der Waals surface area contributed by atoms with Crippen molar-refractivity contribution in [3.05, 3.63) is 0 Å². The van der Waals surface area contributed by atoms with Gasteiger partial charge in [-0.05, 0) is 0 Å². The fraction of sp³-hybridized carbons (Fsp3) is 0. The SMILES string of the molecule is O.O.O.O.O.[Zn]. The van der Waals surface area contributed by atoms with Gasteiger partial charge in [0, 0.05) is 19.5 Å². The number of hydrogen-bond acceptors (Lipinski definition) is 0. The summed E-state index contributed by atoms with van der Waals surface area (Å²) < 4.78 is 0. The molecule has 6 heteroatoms. The van der Waals surface area contributed by atoms with Crippen LogP contribution in [-0.2, 0) is 19.5 Å². The van der Waals surface area contributed by atoms with Crippen LogP contribution in [0, 0.1) is 0 Å². The molecule has 0 unspecified atom stereocenters. The molecule has 0 amide bonds. The monoisotopic (exact) mass is 154 g/mol. The molecular formula is H10O5Zn. The third-order valence-electron chi connectivity index (χ3n) is 0. The van der Waals surface area contributed by atoms with Crippen LogP contribution < -0.4 is 0 Å². The van der Waals surface area contributed by atoms with Gasteiger partial charge in [-0.25, -0.2) is 0 Å². The molecule has 0 rings (SSSR count). The van der Waals surface area contributed by atoms with Gasteiger partial charge in [0.2, 0.25) is 0 Å². The van der Waals surface area contributed by atoms with E-state index in [1.165, 1.54) is 0 Å². The van der Waals surface area contributed by atoms with Crippen LogP contribution in [0.25, 0.3) is 0 Å². The Hall–Kier alpha value is 0.423. The molecule has 0 aliphatic heterocycles. The van der Waals surface area contributed by atoms with Crippen LogP contribution in [0.15, 0.2) is 0 Å². The summed E-state index contributed by atoms with van der Waals surface area (Å²) in [7, 11) is 0. The molecule has 0 aromatic rings. The topological polar surface area (TPSA) is 158 Å². The Balaban J connectivity index is 0. The van der Waals surface area contributed by atoms with E-state index in [9.17, 15) is 0 Å². The van der Waals surface area contributed by atoms with E-state index in [4.69, 9.17) is 0 Å². The Kier molecular flexibility index (Phi) is 104000. The van der Waals surface area contributed by atoms with Gasteiger partial charge in [-0.3, -0.25) is 0 Å². The van der Waals surface area contributed by atoms with Crippen LogP contribution in [0.1, 0.15) is 0 Å². The van der Waals surface area contributed by atoms with Gasteiger partial charge in [0.25, 0.3) is 0 Å². The molecule has 0 saturated carbocycles. The molecule has 0 spiro atoms. The number of hydrogen-bond donors (Lipinski definition) is 0. The van der Waals surface area contributed by atoms with Gasteiger partial charge in [-0.1, -0.05) is 0 Å². The van der Waals surface area contributed by atoms with Crippen molar-refractivity contribution in [1.29, 1.82) is 0 Å². The van der Waals surface area contributed by atoms with Crippen molar-refractivity contribution < 1.29 is 46.9 Å². The van der Waals surface area contributed by atoms with Crippen molar-refractivity contribution in [3.63, 3.8) is 0 Å². The standard InChI is InChI=1S/5H2O.Zn/h5*1H2;. The first-order valence-corrected chi connectivity index (χ1v) is 0. The molecule has 0 saturated heterocycles. The molecule has 0 radical (unpaired) electrons. The molecule has 5 nitrogen and oxygen atoms in total. The second-order valence-electron chi connectivity index (χ2n) is 0. The summed E-state index contributed by atoms with van der Waals surface area (Å²) in [6.45, 7) is 0. The smallest absolute Gasteiger partial charge is 0 e. The minimum atomic E-state index is 0. The maximum atomic E-state index is 0. The van der Waals surface area contributed by atoms with E-state index in [1.807, 2.05) is 0 Å². The number of rotatable bonds is 0. The van der Waals surface area contributed by atoms with Gasteiger partial charge in [0.1, 0.15) is 0 Å². The van der Waals surface area contributed by atoms with E-state index < -0.39 is 0 Å². The van der Waals surface area contributed by atoms with E-state index in [0.717, 1.165) is 0 Å². The fourth-order valence-electron chi connectivity index (χ4n) is 0. The fourth-order valence-corrected chi connectivity index (χ4v) is 0. The first-order chi connectivity index (χ1) is 0. The van der Waals surface area contributed by atoms with Gasteiger partial charge in [0.15, 0.2) is 0 Å².